The van der Waals surface area contributed by atoms with E-state index in [1.54, 1.807) is 19.1 Å². The van der Waals surface area contributed by atoms with Crippen molar-refractivity contribution < 1.29 is 24.2 Å². The smallest absolute Gasteiger partial charge is 0.303 e. The van der Waals surface area contributed by atoms with Gasteiger partial charge in [0, 0.05) is 41.2 Å². The molecule has 2 heterocycles. The average Bonchev–Trinajstić information content (AvgIpc) is 3.06. The summed E-state index contributed by atoms with van der Waals surface area (Å²) in [4.78, 5) is 25.7. The van der Waals surface area contributed by atoms with E-state index in [0.717, 1.165) is 20.5 Å². The van der Waals surface area contributed by atoms with Crippen molar-refractivity contribution in [2.24, 2.45) is 0 Å². The molecule has 1 aliphatic heterocycles. The molecule has 0 atom stereocenters. The molecular weight excluding hydrogens is 330 g/mol. The number of carbonyl (C=O) groups is 2. The number of aliphatic carboxylic acids is 1. The molecule has 0 saturated carbocycles. The maximum Gasteiger partial charge on any atom is 0.303 e. The summed E-state index contributed by atoms with van der Waals surface area (Å²) in [6.45, 7) is 1.15. The summed E-state index contributed by atoms with van der Waals surface area (Å²) in [5.74, 6) is 0.536. The van der Waals surface area contributed by atoms with E-state index >= 15 is 0 Å². The van der Waals surface area contributed by atoms with Crippen molar-refractivity contribution in [3.63, 3.8) is 0 Å². The lowest BCUT2D eigenvalue weighted by molar-refractivity contribution is -0.137. The van der Waals surface area contributed by atoms with Gasteiger partial charge in [-0.2, -0.15) is 0 Å². The molecule has 3 rings (SSSR count). The van der Waals surface area contributed by atoms with E-state index in [1.165, 1.54) is 11.3 Å². The van der Waals surface area contributed by atoms with Gasteiger partial charge in [-0.25, -0.2) is 0 Å². The molecule has 6 nitrogen and oxygen atoms in total. The standard InChI is InChI=1S/C17H19NO5S/c1-22-12-7-10-11-9-18(6-4-3-5-15(19)20)17(21)16(11)24-14(10)8-13(12)23-2/h7-8H,3-6,9H2,1-2H3,(H,19,20). The van der Waals surface area contributed by atoms with Crippen LogP contribution in [0.1, 0.15) is 34.5 Å². The maximum atomic E-state index is 12.6. The first-order valence-corrected chi connectivity index (χ1v) is 8.55. The van der Waals surface area contributed by atoms with Crippen molar-refractivity contribution in [2.75, 3.05) is 20.8 Å². The van der Waals surface area contributed by atoms with E-state index in [2.05, 4.69) is 0 Å². The molecule has 0 bridgehead atoms. The molecule has 1 aromatic heterocycles. The number of carbonyl (C=O) groups excluding carboxylic acids is 1. The molecule has 128 valence electrons. The minimum absolute atomic E-state index is 0.0273. The Kier molecular flexibility index (Phi) is 4.62. The fourth-order valence-electron chi connectivity index (χ4n) is 2.97. The third-order valence-corrected chi connectivity index (χ3v) is 5.38. The number of fused-ring (bicyclic) bond motifs is 3. The number of ether oxygens (including phenoxy) is 2. The number of amides is 1. The molecule has 0 spiro atoms. The van der Waals surface area contributed by atoms with Gasteiger partial charge >= 0.3 is 5.97 Å². The highest BCUT2D eigenvalue weighted by atomic mass is 32.1. The van der Waals surface area contributed by atoms with Crippen LogP contribution in [0, 0.1) is 0 Å². The molecule has 1 amide bonds. The molecule has 24 heavy (non-hydrogen) atoms. The number of nitrogens with zero attached hydrogens (tertiary/aromatic N) is 1. The van der Waals surface area contributed by atoms with Gasteiger partial charge in [0.05, 0.1) is 19.1 Å². The molecule has 0 aliphatic carbocycles. The summed E-state index contributed by atoms with van der Waals surface area (Å²) in [6.07, 6.45) is 1.42. The van der Waals surface area contributed by atoms with Crippen LogP contribution in [-0.2, 0) is 11.3 Å². The summed E-state index contributed by atoms with van der Waals surface area (Å²) in [5.41, 5.74) is 1.03. The van der Waals surface area contributed by atoms with Crippen LogP contribution in [0.2, 0.25) is 0 Å². The molecule has 1 aromatic carbocycles. The third kappa shape index (κ3) is 2.91. The van der Waals surface area contributed by atoms with Crippen molar-refractivity contribution in [3.05, 3.63) is 22.6 Å². The van der Waals surface area contributed by atoms with Crippen LogP contribution in [-0.4, -0.2) is 42.6 Å². The van der Waals surface area contributed by atoms with Crippen molar-refractivity contribution >= 4 is 33.3 Å². The normalized spacial score (nSPS) is 13.4. The van der Waals surface area contributed by atoms with Gasteiger partial charge in [0.15, 0.2) is 11.5 Å². The molecule has 0 saturated heterocycles. The van der Waals surface area contributed by atoms with Gasteiger partial charge in [0.2, 0.25) is 0 Å². The zero-order chi connectivity index (χ0) is 17.3. The lowest BCUT2D eigenvalue weighted by Gasteiger charge is -2.15. The van der Waals surface area contributed by atoms with Crippen LogP contribution in [0.15, 0.2) is 12.1 Å². The zero-order valence-electron chi connectivity index (χ0n) is 13.6. The minimum Gasteiger partial charge on any atom is -0.493 e. The Labute approximate surface area is 143 Å². The van der Waals surface area contributed by atoms with Gasteiger partial charge in [0.25, 0.3) is 5.91 Å². The van der Waals surface area contributed by atoms with Crippen molar-refractivity contribution in [1.82, 2.24) is 4.90 Å². The summed E-state index contributed by atoms with van der Waals surface area (Å²) in [7, 11) is 3.19. The van der Waals surface area contributed by atoms with E-state index in [-0.39, 0.29) is 12.3 Å². The number of carboxylic acid groups (broad SMARTS) is 1. The Morgan fingerprint density at radius 2 is 1.96 bits per heavy atom. The molecule has 0 radical (unpaired) electrons. The summed E-state index contributed by atoms with van der Waals surface area (Å²) >= 11 is 1.47. The zero-order valence-corrected chi connectivity index (χ0v) is 14.4. The summed E-state index contributed by atoms with van der Waals surface area (Å²) in [6, 6.07) is 3.83. The Bertz CT molecular complexity index is 798. The monoisotopic (exact) mass is 349 g/mol. The van der Waals surface area contributed by atoms with Gasteiger partial charge in [-0.05, 0) is 18.9 Å². The van der Waals surface area contributed by atoms with E-state index in [9.17, 15) is 9.59 Å². The fourth-order valence-corrected chi connectivity index (χ4v) is 4.16. The SMILES string of the molecule is COc1cc2sc3c(c2cc1OC)CN(CCCCC(=O)O)C3=O. The molecular formula is C17H19NO5S. The fraction of sp³-hybridized carbons (Fsp3) is 0.412. The van der Waals surface area contributed by atoms with Crippen molar-refractivity contribution in [3.8, 4) is 11.5 Å². The van der Waals surface area contributed by atoms with E-state index in [4.69, 9.17) is 14.6 Å². The minimum atomic E-state index is -0.797. The van der Waals surface area contributed by atoms with Gasteiger partial charge in [-0.15, -0.1) is 11.3 Å². The van der Waals surface area contributed by atoms with Gasteiger partial charge < -0.3 is 19.5 Å². The van der Waals surface area contributed by atoms with Crippen molar-refractivity contribution in [1.29, 1.82) is 0 Å². The topological polar surface area (TPSA) is 76.1 Å². The molecule has 0 unspecified atom stereocenters. The van der Waals surface area contributed by atoms with E-state index in [0.29, 0.717) is 37.4 Å². The number of thiophene rings is 1. The number of unbranched alkanes of at least 4 members (excludes halogenated alkanes) is 1. The maximum absolute atomic E-state index is 12.6. The van der Waals surface area contributed by atoms with Crippen LogP contribution in [0.5, 0.6) is 11.5 Å². The molecule has 2 aromatic rings. The Morgan fingerprint density at radius 3 is 2.62 bits per heavy atom. The van der Waals surface area contributed by atoms with Crippen LogP contribution in [0.3, 0.4) is 0 Å². The molecule has 1 aliphatic rings. The first kappa shape index (κ1) is 16.6. The Hall–Kier alpha value is -2.28. The number of hydrogen-bond donors (Lipinski definition) is 1. The lowest BCUT2D eigenvalue weighted by Crippen LogP contribution is -2.25. The Morgan fingerprint density at radius 1 is 1.25 bits per heavy atom. The van der Waals surface area contributed by atoms with E-state index < -0.39 is 5.97 Å². The first-order chi connectivity index (χ1) is 11.5. The summed E-state index contributed by atoms with van der Waals surface area (Å²) < 4.78 is 11.7. The van der Waals surface area contributed by atoms with E-state index in [1.807, 2.05) is 12.1 Å². The van der Waals surface area contributed by atoms with Crippen LogP contribution in [0.4, 0.5) is 0 Å². The van der Waals surface area contributed by atoms with Crippen molar-refractivity contribution in [2.45, 2.75) is 25.8 Å². The quantitative estimate of drug-likeness (QED) is 0.777. The van der Waals surface area contributed by atoms with Crippen LogP contribution >= 0.6 is 11.3 Å². The molecule has 7 heteroatoms. The summed E-state index contributed by atoms with van der Waals surface area (Å²) in [5, 5.41) is 9.70. The number of carboxylic acids is 1. The predicted molar refractivity (Wildman–Crippen MR) is 91.2 cm³/mol. The number of methoxy groups -OCH3 is 2. The highest BCUT2D eigenvalue weighted by Gasteiger charge is 2.31. The molecule has 1 N–H and O–H groups in total. The second kappa shape index (κ2) is 6.68. The second-order valence-electron chi connectivity index (χ2n) is 5.69. The predicted octanol–water partition coefficient (Wildman–Crippen LogP) is 3.13. The number of benzene rings is 1. The highest BCUT2D eigenvalue weighted by Crippen LogP contribution is 2.42. The van der Waals surface area contributed by atoms with Gasteiger partial charge in [0.1, 0.15) is 0 Å². The van der Waals surface area contributed by atoms with Crippen LogP contribution < -0.4 is 9.47 Å². The van der Waals surface area contributed by atoms with Crippen LogP contribution in [0.25, 0.3) is 10.1 Å². The number of hydrogen-bond acceptors (Lipinski definition) is 5. The largest absolute Gasteiger partial charge is 0.493 e. The lowest BCUT2D eigenvalue weighted by atomic mass is 10.1. The molecule has 0 fully saturated rings. The average molecular weight is 349 g/mol. The Balaban J connectivity index is 1.80. The van der Waals surface area contributed by atoms with Gasteiger partial charge in [-0.1, -0.05) is 0 Å². The third-order valence-electron chi connectivity index (χ3n) is 4.20. The first-order valence-electron chi connectivity index (χ1n) is 7.73. The van der Waals surface area contributed by atoms with Gasteiger partial charge in [-0.3, -0.25) is 9.59 Å². The highest BCUT2D eigenvalue weighted by molar-refractivity contribution is 7.21. The second-order valence-corrected chi connectivity index (χ2v) is 6.74. The number of rotatable bonds is 7.